The van der Waals surface area contributed by atoms with Crippen LogP contribution in [-0.4, -0.2) is 18.4 Å². The number of amidine groups is 2. The van der Waals surface area contributed by atoms with E-state index in [-0.39, 0.29) is 0 Å². The smallest absolute Gasteiger partial charge is 0.218 e. The molecule has 3 nitrogen and oxygen atoms in total. The Bertz CT molecular complexity index is 267. The SMILES string of the molecule is C=[N+]=C1NC(CC)=NC1=CC. The van der Waals surface area contributed by atoms with Crippen molar-refractivity contribution in [3.05, 3.63) is 11.8 Å². The van der Waals surface area contributed by atoms with Crippen LogP contribution in [0.1, 0.15) is 20.3 Å². The first-order valence-electron chi connectivity index (χ1n) is 3.66. The predicted octanol–water partition coefficient (Wildman–Crippen LogP) is 0.468. The van der Waals surface area contributed by atoms with Crippen LogP contribution in [0.3, 0.4) is 0 Å². The lowest BCUT2D eigenvalue weighted by Crippen LogP contribution is -2.25. The summed E-state index contributed by atoms with van der Waals surface area (Å²) in [4.78, 5) is 4.27. The van der Waals surface area contributed by atoms with Crippen molar-refractivity contribution in [2.75, 3.05) is 0 Å². The van der Waals surface area contributed by atoms with E-state index in [2.05, 4.69) is 21.7 Å². The molecule has 1 aliphatic heterocycles. The van der Waals surface area contributed by atoms with E-state index in [1.165, 1.54) is 0 Å². The highest BCUT2D eigenvalue weighted by Gasteiger charge is 2.24. The molecule has 11 heavy (non-hydrogen) atoms. The van der Waals surface area contributed by atoms with Gasteiger partial charge in [-0.3, -0.25) is 0 Å². The highest BCUT2D eigenvalue weighted by Crippen LogP contribution is 2.04. The fourth-order valence-corrected chi connectivity index (χ4v) is 0.916. The maximum atomic E-state index is 4.27. The largest absolute Gasteiger partial charge is 0.398 e. The van der Waals surface area contributed by atoms with Crippen LogP contribution in [0.5, 0.6) is 0 Å². The van der Waals surface area contributed by atoms with E-state index in [0.717, 1.165) is 23.8 Å². The first-order valence-corrected chi connectivity index (χ1v) is 3.66. The minimum atomic E-state index is 0.768. The van der Waals surface area contributed by atoms with Gasteiger partial charge >= 0.3 is 5.84 Å². The quantitative estimate of drug-likeness (QED) is 0.428. The summed E-state index contributed by atoms with van der Waals surface area (Å²) in [5, 5.41) is 3.06. The zero-order valence-electron chi connectivity index (χ0n) is 6.89. The van der Waals surface area contributed by atoms with E-state index in [4.69, 9.17) is 0 Å². The van der Waals surface area contributed by atoms with E-state index in [9.17, 15) is 0 Å². The van der Waals surface area contributed by atoms with Crippen molar-refractivity contribution in [2.45, 2.75) is 20.3 Å². The predicted molar refractivity (Wildman–Crippen MR) is 48.9 cm³/mol. The molecule has 1 N–H and O–H groups in total. The summed E-state index contributed by atoms with van der Waals surface area (Å²) < 4.78 is 3.81. The number of aliphatic imine (C=N–C) groups is 1. The van der Waals surface area contributed by atoms with Crippen molar-refractivity contribution in [3.63, 3.8) is 0 Å². The molecule has 3 heteroatoms. The molecule has 0 aromatic rings. The van der Waals surface area contributed by atoms with Gasteiger partial charge in [-0.05, 0) is 6.92 Å². The second-order valence-corrected chi connectivity index (χ2v) is 2.22. The van der Waals surface area contributed by atoms with Gasteiger partial charge in [0.25, 0.3) is 0 Å². The van der Waals surface area contributed by atoms with Crippen molar-refractivity contribution in [1.29, 1.82) is 0 Å². The summed E-state index contributed by atoms with van der Waals surface area (Å²) in [6, 6.07) is 0. The van der Waals surface area contributed by atoms with E-state index < -0.39 is 0 Å². The lowest BCUT2D eigenvalue weighted by Gasteiger charge is -1.83. The Kier molecular flexibility index (Phi) is 2.24. The standard InChI is InChI=1S/C8H11N3/c1-4-6-8(9-3)11-7(5-2)10-6/h4H,3,5H2,1-2H3/p+1. The van der Waals surface area contributed by atoms with Crippen molar-refractivity contribution < 1.29 is 0 Å². The van der Waals surface area contributed by atoms with Crippen molar-refractivity contribution in [3.8, 4) is 0 Å². The third-order valence-electron chi connectivity index (χ3n) is 1.53. The zero-order chi connectivity index (χ0) is 8.27. The Hall–Kier alpha value is -1.34. The molecule has 0 bridgehead atoms. The molecule has 0 aromatic carbocycles. The summed E-state index contributed by atoms with van der Waals surface area (Å²) in [6.07, 6.45) is 2.82. The maximum absolute atomic E-state index is 4.27. The number of nitrogens with one attached hydrogen (secondary N) is 1. The number of rotatable bonds is 1. The molecule has 0 aromatic heterocycles. The molecule has 0 saturated heterocycles. The maximum Gasteiger partial charge on any atom is 0.398 e. The van der Waals surface area contributed by atoms with Crippen LogP contribution in [0.2, 0.25) is 0 Å². The van der Waals surface area contributed by atoms with Crippen molar-refractivity contribution in [2.24, 2.45) is 4.99 Å². The van der Waals surface area contributed by atoms with Gasteiger partial charge in [0.1, 0.15) is 0 Å². The minimum Gasteiger partial charge on any atom is -0.218 e. The number of nitrogens with zero attached hydrogens (tertiary/aromatic N) is 2. The summed E-state index contributed by atoms with van der Waals surface area (Å²) >= 11 is 0. The topological polar surface area (TPSA) is 38.5 Å². The summed E-state index contributed by atoms with van der Waals surface area (Å²) in [6.45, 7) is 7.43. The molecule has 0 fully saturated rings. The van der Waals surface area contributed by atoms with Crippen molar-refractivity contribution >= 4 is 18.4 Å². The van der Waals surface area contributed by atoms with E-state index in [1.807, 2.05) is 19.9 Å². The molecule has 58 valence electrons. The first kappa shape index (κ1) is 7.76. The van der Waals surface area contributed by atoms with Crippen LogP contribution >= 0.6 is 0 Å². The van der Waals surface area contributed by atoms with Crippen molar-refractivity contribution in [1.82, 2.24) is 9.98 Å². The molecular formula is C8H12N3+. The Balaban J connectivity index is 2.95. The monoisotopic (exact) mass is 150 g/mol. The van der Waals surface area contributed by atoms with Gasteiger partial charge in [-0.15, -0.1) is 0 Å². The van der Waals surface area contributed by atoms with Gasteiger partial charge in [0.15, 0.2) is 18.3 Å². The van der Waals surface area contributed by atoms with Gasteiger partial charge in [-0.25, -0.2) is 15.0 Å². The van der Waals surface area contributed by atoms with Crippen LogP contribution < -0.4 is 9.98 Å². The number of allylic oxidation sites excluding steroid dienone is 1. The number of hydrogen-bond acceptors (Lipinski definition) is 1. The van der Waals surface area contributed by atoms with Gasteiger partial charge in [0, 0.05) is 6.42 Å². The van der Waals surface area contributed by atoms with Crippen LogP contribution in [0, 0.1) is 0 Å². The van der Waals surface area contributed by atoms with E-state index >= 15 is 0 Å². The molecule has 0 spiro atoms. The number of hydrogen-bond donors (Lipinski definition) is 1. The van der Waals surface area contributed by atoms with Crippen LogP contribution in [0.4, 0.5) is 0 Å². The Morgan fingerprint density at radius 1 is 1.73 bits per heavy atom. The third-order valence-corrected chi connectivity index (χ3v) is 1.53. The molecule has 0 atom stereocenters. The molecule has 1 heterocycles. The molecular weight excluding hydrogens is 138 g/mol. The molecule has 0 saturated carbocycles. The summed E-state index contributed by atoms with van der Waals surface area (Å²) in [5.41, 5.74) is 0.886. The van der Waals surface area contributed by atoms with Gasteiger partial charge in [0.2, 0.25) is 0 Å². The fraction of sp³-hybridized carbons (Fsp3) is 0.375. The molecule has 1 aliphatic rings. The third kappa shape index (κ3) is 1.38. The second-order valence-electron chi connectivity index (χ2n) is 2.22. The normalized spacial score (nSPS) is 19.6. The Morgan fingerprint density at radius 3 is 2.82 bits per heavy atom. The molecule has 0 aliphatic carbocycles. The lowest BCUT2D eigenvalue weighted by atomic mass is 10.4. The highest BCUT2D eigenvalue weighted by molar-refractivity contribution is 6.14. The molecule has 0 amide bonds. The van der Waals surface area contributed by atoms with Gasteiger partial charge < -0.3 is 0 Å². The molecule has 0 radical (unpaired) electrons. The minimum absolute atomic E-state index is 0.768. The van der Waals surface area contributed by atoms with Gasteiger partial charge in [0.05, 0.1) is 0 Å². The fourth-order valence-electron chi connectivity index (χ4n) is 0.916. The molecule has 0 unspecified atom stereocenters. The summed E-state index contributed by atoms with van der Waals surface area (Å²) in [7, 11) is 0. The Morgan fingerprint density at radius 2 is 2.45 bits per heavy atom. The highest BCUT2D eigenvalue weighted by atomic mass is 15.1. The van der Waals surface area contributed by atoms with Gasteiger partial charge in [-0.2, -0.15) is 0 Å². The second kappa shape index (κ2) is 3.17. The Labute approximate surface area is 66.3 Å². The average molecular weight is 150 g/mol. The van der Waals surface area contributed by atoms with E-state index in [0.29, 0.717) is 0 Å². The first-order chi connectivity index (χ1) is 5.31. The summed E-state index contributed by atoms with van der Waals surface area (Å²) in [5.74, 6) is 1.73. The van der Waals surface area contributed by atoms with Crippen LogP contribution in [-0.2, 0) is 0 Å². The average Bonchev–Trinajstić information content (AvgIpc) is 2.46. The molecule has 1 rings (SSSR count). The van der Waals surface area contributed by atoms with E-state index in [1.54, 1.807) is 0 Å². The van der Waals surface area contributed by atoms with Gasteiger partial charge in [-0.1, -0.05) is 13.0 Å². The zero-order valence-corrected chi connectivity index (χ0v) is 6.89. The lowest BCUT2D eigenvalue weighted by molar-refractivity contribution is 1.20. The van der Waals surface area contributed by atoms with Crippen LogP contribution in [0.25, 0.3) is 0 Å². The van der Waals surface area contributed by atoms with Crippen LogP contribution in [0.15, 0.2) is 16.8 Å².